The van der Waals surface area contributed by atoms with E-state index in [1.54, 1.807) is 13.2 Å². The predicted molar refractivity (Wildman–Crippen MR) is 73.3 cm³/mol. The number of aromatic nitrogens is 1. The van der Waals surface area contributed by atoms with E-state index in [4.69, 9.17) is 10.5 Å². The number of aryl methyl sites for hydroxylation is 1. The van der Waals surface area contributed by atoms with Crippen LogP contribution < -0.4 is 10.5 Å². The highest BCUT2D eigenvalue weighted by atomic mass is 16.5. The Morgan fingerprint density at radius 1 is 1.53 bits per heavy atom. The maximum absolute atomic E-state index is 11.5. The third-order valence-corrected chi connectivity index (χ3v) is 3.31. The summed E-state index contributed by atoms with van der Waals surface area (Å²) in [6, 6.07) is 3.59. The van der Waals surface area contributed by atoms with Crippen molar-refractivity contribution in [3.8, 4) is 5.75 Å². The summed E-state index contributed by atoms with van der Waals surface area (Å²) in [7, 11) is 1.58. The van der Waals surface area contributed by atoms with E-state index in [-0.39, 0.29) is 6.54 Å². The second-order valence-electron chi connectivity index (χ2n) is 4.86. The van der Waals surface area contributed by atoms with Gasteiger partial charge in [-0.3, -0.25) is 9.78 Å². The highest BCUT2D eigenvalue weighted by molar-refractivity contribution is 5.75. The van der Waals surface area contributed by atoms with Crippen molar-refractivity contribution < 1.29 is 14.6 Å². The molecule has 0 saturated heterocycles. The lowest BCUT2D eigenvalue weighted by atomic mass is 9.79. The highest BCUT2D eigenvalue weighted by Gasteiger charge is 2.37. The van der Waals surface area contributed by atoms with Crippen molar-refractivity contribution >= 4 is 5.97 Å². The Morgan fingerprint density at radius 2 is 2.21 bits per heavy atom. The van der Waals surface area contributed by atoms with Crippen molar-refractivity contribution in [3.05, 3.63) is 23.5 Å². The van der Waals surface area contributed by atoms with E-state index in [2.05, 4.69) is 4.98 Å². The van der Waals surface area contributed by atoms with E-state index in [0.717, 1.165) is 12.1 Å². The minimum absolute atomic E-state index is 0.105. The van der Waals surface area contributed by atoms with Crippen LogP contribution in [0.15, 0.2) is 12.1 Å². The van der Waals surface area contributed by atoms with E-state index in [1.165, 1.54) is 0 Å². The minimum Gasteiger partial charge on any atom is -0.497 e. The molecule has 3 N–H and O–H groups in total. The second kappa shape index (κ2) is 6.52. The molecule has 1 aromatic heterocycles. The monoisotopic (exact) mass is 266 g/mol. The molecule has 1 rings (SSSR count). The number of carboxylic acids is 1. The zero-order valence-electron chi connectivity index (χ0n) is 11.8. The van der Waals surface area contributed by atoms with Gasteiger partial charge in [0.25, 0.3) is 0 Å². The summed E-state index contributed by atoms with van der Waals surface area (Å²) in [4.78, 5) is 15.9. The van der Waals surface area contributed by atoms with Gasteiger partial charge in [-0.05, 0) is 13.3 Å². The fraction of sp³-hybridized carbons (Fsp3) is 0.571. The molecule has 5 nitrogen and oxygen atoms in total. The Morgan fingerprint density at radius 3 is 2.68 bits per heavy atom. The van der Waals surface area contributed by atoms with Gasteiger partial charge in [-0.1, -0.05) is 13.3 Å². The summed E-state index contributed by atoms with van der Waals surface area (Å²) < 4.78 is 5.19. The first-order valence-corrected chi connectivity index (χ1v) is 6.42. The number of rotatable bonds is 7. The highest BCUT2D eigenvalue weighted by Crippen LogP contribution is 2.29. The smallest absolute Gasteiger partial charge is 0.311 e. The topological polar surface area (TPSA) is 85.4 Å². The number of aliphatic carboxylic acids is 1. The summed E-state index contributed by atoms with van der Waals surface area (Å²) in [6.07, 6.45) is 1.63. The van der Waals surface area contributed by atoms with Crippen molar-refractivity contribution in [2.75, 3.05) is 13.7 Å². The summed E-state index contributed by atoms with van der Waals surface area (Å²) in [5.74, 6) is -0.172. The zero-order chi connectivity index (χ0) is 14.5. The Labute approximate surface area is 113 Å². The van der Waals surface area contributed by atoms with Gasteiger partial charge in [0, 0.05) is 36.5 Å². The number of carboxylic acid groups (broad SMARTS) is 1. The third kappa shape index (κ3) is 3.67. The van der Waals surface area contributed by atoms with Crippen LogP contribution in [-0.4, -0.2) is 29.7 Å². The molecule has 0 aliphatic rings. The van der Waals surface area contributed by atoms with Crippen LogP contribution in [0, 0.1) is 12.3 Å². The maximum atomic E-state index is 11.5. The van der Waals surface area contributed by atoms with Gasteiger partial charge in [0.05, 0.1) is 12.5 Å². The summed E-state index contributed by atoms with van der Waals surface area (Å²) in [6.45, 7) is 3.92. The molecule has 1 atom stereocenters. The fourth-order valence-electron chi connectivity index (χ4n) is 2.27. The Bertz CT molecular complexity index is 448. The second-order valence-corrected chi connectivity index (χ2v) is 4.86. The van der Waals surface area contributed by atoms with Gasteiger partial charge in [-0.2, -0.15) is 0 Å². The first-order chi connectivity index (χ1) is 8.97. The first-order valence-electron chi connectivity index (χ1n) is 6.42. The quantitative estimate of drug-likeness (QED) is 0.785. The summed E-state index contributed by atoms with van der Waals surface area (Å²) in [5, 5.41) is 9.47. The number of carbonyl (C=O) groups is 1. The molecule has 0 aromatic carbocycles. The first kappa shape index (κ1) is 15.4. The van der Waals surface area contributed by atoms with Gasteiger partial charge in [0.2, 0.25) is 0 Å². The van der Waals surface area contributed by atoms with Gasteiger partial charge in [-0.15, -0.1) is 0 Å². The van der Waals surface area contributed by atoms with Crippen LogP contribution in [0.1, 0.15) is 31.2 Å². The number of nitrogens with two attached hydrogens (primary N) is 1. The van der Waals surface area contributed by atoms with Crippen molar-refractivity contribution in [3.63, 3.8) is 0 Å². The van der Waals surface area contributed by atoms with Gasteiger partial charge in [0.15, 0.2) is 0 Å². The molecule has 1 aromatic rings. The molecule has 0 radical (unpaired) electrons. The molecule has 0 saturated carbocycles. The van der Waals surface area contributed by atoms with Crippen molar-refractivity contribution in [1.29, 1.82) is 0 Å². The number of hydrogen-bond donors (Lipinski definition) is 2. The van der Waals surface area contributed by atoms with Gasteiger partial charge < -0.3 is 15.6 Å². The standard InChI is InChI=1S/C14H22N2O3/c1-4-5-14(9-15,13(17)18)8-11-7-12(19-3)6-10(2)16-11/h6-7H,4-5,8-9,15H2,1-3H3,(H,17,18). The molecule has 0 fully saturated rings. The van der Waals surface area contributed by atoms with Gasteiger partial charge in [-0.25, -0.2) is 0 Å². The maximum Gasteiger partial charge on any atom is 0.311 e. The molecule has 0 aliphatic carbocycles. The lowest BCUT2D eigenvalue weighted by Gasteiger charge is -2.27. The van der Waals surface area contributed by atoms with Crippen molar-refractivity contribution in [2.24, 2.45) is 11.1 Å². The largest absolute Gasteiger partial charge is 0.497 e. The Balaban J connectivity index is 3.08. The molecule has 19 heavy (non-hydrogen) atoms. The molecule has 106 valence electrons. The molecule has 5 heteroatoms. The molecule has 1 unspecified atom stereocenters. The summed E-state index contributed by atoms with van der Waals surface area (Å²) in [5.41, 5.74) is 6.28. The van der Waals surface area contributed by atoms with Crippen LogP contribution in [0.5, 0.6) is 5.75 Å². The van der Waals surface area contributed by atoms with Gasteiger partial charge >= 0.3 is 5.97 Å². The zero-order valence-corrected chi connectivity index (χ0v) is 11.8. The number of nitrogens with zero attached hydrogens (tertiary/aromatic N) is 1. The number of ether oxygens (including phenoxy) is 1. The molecular weight excluding hydrogens is 244 g/mol. The normalized spacial score (nSPS) is 13.9. The van der Waals surface area contributed by atoms with Crippen LogP contribution >= 0.6 is 0 Å². The predicted octanol–water partition coefficient (Wildman–Crippen LogP) is 1.77. The SMILES string of the molecule is CCCC(CN)(Cc1cc(OC)cc(C)n1)C(=O)O. The average Bonchev–Trinajstić information content (AvgIpc) is 2.37. The van der Waals surface area contributed by atoms with E-state index >= 15 is 0 Å². The van der Waals surface area contributed by atoms with Crippen LogP contribution in [0.2, 0.25) is 0 Å². The minimum atomic E-state index is -0.944. The Hall–Kier alpha value is -1.62. The fourth-order valence-corrected chi connectivity index (χ4v) is 2.27. The summed E-state index contributed by atoms with van der Waals surface area (Å²) >= 11 is 0. The van der Waals surface area contributed by atoms with Crippen LogP contribution in [0.4, 0.5) is 0 Å². The van der Waals surface area contributed by atoms with E-state index in [9.17, 15) is 9.90 Å². The molecule has 0 bridgehead atoms. The van der Waals surface area contributed by atoms with Gasteiger partial charge in [0.1, 0.15) is 5.75 Å². The molecule has 0 amide bonds. The van der Waals surface area contributed by atoms with E-state index < -0.39 is 11.4 Å². The Kier molecular flexibility index (Phi) is 5.30. The van der Waals surface area contributed by atoms with E-state index in [1.807, 2.05) is 19.9 Å². The third-order valence-electron chi connectivity index (χ3n) is 3.31. The van der Waals surface area contributed by atoms with Crippen LogP contribution in [0.3, 0.4) is 0 Å². The lowest BCUT2D eigenvalue weighted by molar-refractivity contribution is -0.148. The van der Waals surface area contributed by atoms with E-state index in [0.29, 0.717) is 24.3 Å². The molecular formula is C14H22N2O3. The number of hydrogen-bond acceptors (Lipinski definition) is 4. The number of pyridine rings is 1. The average molecular weight is 266 g/mol. The molecule has 0 aliphatic heterocycles. The lowest BCUT2D eigenvalue weighted by Crippen LogP contribution is -2.40. The van der Waals surface area contributed by atoms with Crippen LogP contribution in [-0.2, 0) is 11.2 Å². The molecule has 1 heterocycles. The molecule has 0 spiro atoms. The van der Waals surface area contributed by atoms with Crippen molar-refractivity contribution in [1.82, 2.24) is 4.98 Å². The number of methoxy groups -OCH3 is 1. The van der Waals surface area contributed by atoms with Crippen LogP contribution in [0.25, 0.3) is 0 Å². The van der Waals surface area contributed by atoms with Crippen molar-refractivity contribution in [2.45, 2.75) is 33.1 Å².